The van der Waals surface area contributed by atoms with Gasteiger partial charge in [-0.05, 0) is 37.6 Å². The van der Waals surface area contributed by atoms with Crippen LogP contribution in [0.3, 0.4) is 0 Å². The zero-order chi connectivity index (χ0) is 13.0. The van der Waals surface area contributed by atoms with Crippen molar-refractivity contribution in [3.8, 4) is 0 Å². The summed E-state index contributed by atoms with van der Waals surface area (Å²) in [5.41, 5.74) is 0.930. The Morgan fingerprint density at radius 2 is 2.28 bits per heavy atom. The second-order valence-electron chi connectivity index (χ2n) is 5.16. The Balaban J connectivity index is 1.71. The molecule has 1 atom stereocenters. The molecule has 1 aromatic rings. The first-order chi connectivity index (χ1) is 8.63. The third kappa shape index (κ3) is 4.72. The largest absolute Gasteiger partial charge is 0.390 e. The number of nitrogens with zero attached hydrogens (tertiary/aromatic N) is 1. The molecule has 1 fully saturated rings. The first-order valence-electron chi connectivity index (χ1n) is 6.48. The van der Waals surface area contributed by atoms with Gasteiger partial charge in [-0.1, -0.05) is 12.1 Å². The fourth-order valence-corrected chi connectivity index (χ4v) is 2.03. The molecule has 3 nitrogen and oxygen atoms in total. The molecular formula is C14H21FN2O. The molecule has 0 radical (unpaired) electrons. The minimum atomic E-state index is -0.371. The molecule has 0 aliphatic heterocycles. The Bertz CT molecular complexity index is 382. The highest BCUT2D eigenvalue weighted by Gasteiger charge is 2.21. The van der Waals surface area contributed by atoms with Crippen LogP contribution in [0.1, 0.15) is 18.4 Å². The van der Waals surface area contributed by atoms with E-state index in [-0.39, 0.29) is 11.9 Å². The van der Waals surface area contributed by atoms with Crippen molar-refractivity contribution in [3.63, 3.8) is 0 Å². The molecule has 4 heteroatoms. The standard InChI is InChI=1S/C14H21FN2O/c1-17(9-11-3-2-4-12(15)7-11)10-14(18)8-16-13-5-6-13/h2-4,7,13-14,16,18H,5-6,8-10H2,1H3. The number of aliphatic hydroxyl groups is 1. The summed E-state index contributed by atoms with van der Waals surface area (Å²) in [5, 5.41) is 13.1. The number of halogens is 1. The van der Waals surface area contributed by atoms with Gasteiger partial charge in [-0.2, -0.15) is 0 Å². The summed E-state index contributed by atoms with van der Waals surface area (Å²) in [6.07, 6.45) is 2.08. The van der Waals surface area contributed by atoms with Gasteiger partial charge in [-0.3, -0.25) is 4.90 Å². The van der Waals surface area contributed by atoms with Crippen molar-refractivity contribution >= 4 is 0 Å². The smallest absolute Gasteiger partial charge is 0.123 e. The lowest BCUT2D eigenvalue weighted by atomic mass is 10.2. The van der Waals surface area contributed by atoms with Gasteiger partial charge in [0.15, 0.2) is 0 Å². The molecule has 1 aliphatic rings. The average molecular weight is 252 g/mol. The van der Waals surface area contributed by atoms with Crippen LogP contribution in [0.2, 0.25) is 0 Å². The summed E-state index contributed by atoms with van der Waals surface area (Å²) in [5.74, 6) is -0.211. The molecule has 1 aliphatic carbocycles. The van der Waals surface area contributed by atoms with Gasteiger partial charge in [-0.15, -0.1) is 0 Å². The van der Waals surface area contributed by atoms with Crippen LogP contribution in [0.5, 0.6) is 0 Å². The summed E-state index contributed by atoms with van der Waals surface area (Å²) < 4.78 is 13.0. The number of likely N-dealkylation sites (N-methyl/N-ethyl adjacent to an activating group) is 1. The Labute approximate surface area is 108 Å². The predicted octanol–water partition coefficient (Wildman–Crippen LogP) is 1.37. The maximum Gasteiger partial charge on any atom is 0.123 e. The number of aliphatic hydroxyl groups excluding tert-OH is 1. The lowest BCUT2D eigenvalue weighted by Crippen LogP contribution is -2.37. The zero-order valence-corrected chi connectivity index (χ0v) is 10.8. The first kappa shape index (κ1) is 13.5. The van der Waals surface area contributed by atoms with Gasteiger partial charge in [0.1, 0.15) is 5.82 Å². The van der Waals surface area contributed by atoms with Crippen molar-refractivity contribution in [2.75, 3.05) is 20.1 Å². The summed E-state index contributed by atoms with van der Waals surface area (Å²) in [7, 11) is 1.94. The quantitative estimate of drug-likeness (QED) is 0.769. The van der Waals surface area contributed by atoms with Gasteiger partial charge in [0.2, 0.25) is 0 Å². The van der Waals surface area contributed by atoms with Gasteiger partial charge in [0.25, 0.3) is 0 Å². The van der Waals surface area contributed by atoms with E-state index in [1.165, 1.54) is 25.0 Å². The van der Waals surface area contributed by atoms with E-state index in [4.69, 9.17) is 0 Å². The lowest BCUT2D eigenvalue weighted by Gasteiger charge is -2.21. The number of benzene rings is 1. The molecule has 1 saturated carbocycles. The van der Waals surface area contributed by atoms with Gasteiger partial charge in [0.05, 0.1) is 6.10 Å². The predicted molar refractivity (Wildman–Crippen MR) is 69.8 cm³/mol. The topological polar surface area (TPSA) is 35.5 Å². The molecule has 1 unspecified atom stereocenters. The van der Waals surface area contributed by atoms with Crippen molar-refractivity contribution in [1.29, 1.82) is 0 Å². The Morgan fingerprint density at radius 3 is 2.94 bits per heavy atom. The molecule has 100 valence electrons. The zero-order valence-electron chi connectivity index (χ0n) is 10.8. The third-order valence-corrected chi connectivity index (χ3v) is 3.08. The number of rotatable bonds is 7. The molecule has 0 heterocycles. The van der Waals surface area contributed by atoms with E-state index in [2.05, 4.69) is 5.32 Å². The molecule has 0 spiro atoms. The highest BCUT2D eigenvalue weighted by Crippen LogP contribution is 2.18. The molecule has 0 aromatic heterocycles. The molecule has 0 amide bonds. The molecule has 2 rings (SSSR count). The summed E-state index contributed by atoms with van der Waals surface area (Å²) >= 11 is 0. The Morgan fingerprint density at radius 1 is 1.50 bits per heavy atom. The van der Waals surface area contributed by atoms with Crippen molar-refractivity contribution in [2.24, 2.45) is 0 Å². The van der Waals surface area contributed by atoms with Crippen LogP contribution in [0, 0.1) is 5.82 Å². The minimum Gasteiger partial charge on any atom is -0.390 e. The summed E-state index contributed by atoms with van der Waals surface area (Å²) in [4.78, 5) is 2.01. The number of hydrogen-bond donors (Lipinski definition) is 2. The van der Waals surface area contributed by atoms with Crippen LogP contribution in [0.15, 0.2) is 24.3 Å². The molecule has 18 heavy (non-hydrogen) atoms. The SMILES string of the molecule is CN(Cc1cccc(F)c1)CC(O)CNC1CC1. The number of hydrogen-bond acceptors (Lipinski definition) is 3. The minimum absolute atomic E-state index is 0.211. The Kier molecular flexibility index (Phi) is 4.69. The first-order valence-corrected chi connectivity index (χ1v) is 6.48. The molecular weight excluding hydrogens is 231 g/mol. The molecule has 0 bridgehead atoms. The second kappa shape index (κ2) is 6.27. The van der Waals surface area contributed by atoms with Crippen molar-refractivity contribution in [1.82, 2.24) is 10.2 Å². The van der Waals surface area contributed by atoms with Crippen LogP contribution in [-0.4, -0.2) is 42.3 Å². The van der Waals surface area contributed by atoms with Crippen molar-refractivity contribution in [3.05, 3.63) is 35.6 Å². The summed E-state index contributed by atoms with van der Waals surface area (Å²) in [6.45, 7) is 1.88. The molecule has 0 saturated heterocycles. The van der Waals surface area contributed by atoms with Crippen LogP contribution in [-0.2, 0) is 6.54 Å². The van der Waals surface area contributed by atoms with E-state index in [0.29, 0.717) is 25.7 Å². The highest BCUT2D eigenvalue weighted by molar-refractivity contribution is 5.16. The van der Waals surface area contributed by atoms with Gasteiger partial charge >= 0.3 is 0 Å². The summed E-state index contributed by atoms with van der Waals surface area (Å²) in [6, 6.07) is 7.20. The lowest BCUT2D eigenvalue weighted by molar-refractivity contribution is 0.121. The second-order valence-corrected chi connectivity index (χ2v) is 5.16. The van der Waals surface area contributed by atoms with Crippen molar-refractivity contribution in [2.45, 2.75) is 31.5 Å². The van der Waals surface area contributed by atoms with Crippen LogP contribution in [0.25, 0.3) is 0 Å². The van der Waals surface area contributed by atoms with Crippen molar-refractivity contribution < 1.29 is 9.50 Å². The van der Waals surface area contributed by atoms with Gasteiger partial charge in [0, 0.05) is 25.7 Å². The van der Waals surface area contributed by atoms with E-state index >= 15 is 0 Å². The maximum absolute atomic E-state index is 13.0. The highest BCUT2D eigenvalue weighted by atomic mass is 19.1. The van der Waals surface area contributed by atoms with Gasteiger partial charge in [-0.25, -0.2) is 4.39 Å². The fourth-order valence-electron chi connectivity index (χ4n) is 2.03. The molecule has 1 aromatic carbocycles. The van der Waals surface area contributed by atoms with E-state index < -0.39 is 0 Å². The van der Waals surface area contributed by atoms with Gasteiger partial charge < -0.3 is 10.4 Å². The normalized spacial score (nSPS) is 17.1. The fraction of sp³-hybridized carbons (Fsp3) is 0.571. The van der Waals surface area contributed by atoms with E-state index in [0.717, 1.165) is 5.56 Å². The van der Waals surface area contributed by atoms with E-state index in [9.17, 15) is 9.50 Å². The van der Waals surface area contributed by atoms with E-state index in [1.54, 1.807) is 6.07 Å². The number of nitrogens with one attached hydrogen (secondary N) is 1. The third-order valence-electron chi connectivity index (χ3n) is 3.08. The Hall–Kier alpha value is -0.970. The van der Waals surface area contributed by atoms with E-state index in [1.807, 2.05) is 18.0 Å². The molecule has 2 N–H and O–H groups in total. The van der Waals surface area contributed by atoms with Crippen LogP contribution in [0.4, 0.5) is 4.39 Å². The average Bonchev–Trinajstić information content (AvgIpc) is 3.09. The maximum atomic E-state index is 13.0. The monoisotopic (exact) mass is 252 g/mol. The van der Waals surface area contributed by atoms with Crippen LogP contribution < -0.4 is 5.32 Å². The van der Waals surface area contributed by atoms with Crippen LogP contribution >= 0.6 is 0 Å².